The van der Waals surface area contributed by atoms with Crippen LogP contribution in [-0.4, -0.2) is 60.8 Å². The van der Waals surface area contributed by atoms with Gasteiger partial charge in [0, 0.05) is 43.4 Å². The van der Waals surface area contributed by atoms with E-state index in [0.29, 0.717) is 11.8 Å². The third-order valence-corrected chi connectivity index (χ3v) is 7.71. The molecule has 2 fully saturated rings. The fourth-order valence-electron chi connectivity index (χ4n) is 5.78. The Bertz CT molecular complexity index is 1730. The molecule has 0 unspecified atom stereocenters. The molecule has 1 spiro atoms. The largest absolute Gasteiger partial charge is 0.383 e. The van der Waals surface area contributed by atoms with Crippen molar-refractivity contribution in [3.05, 3.63) is 72.9 Å². The number of nitrogens with zero attached hydrogens (tertiary/aromatic N) is 10. The van der Waals surface area contributed by atoms with E-state index in [2.05, 4.69) is 46.7 Å². The van der Waals surface area contributed by atoms with Crippen LogP contribution in [0, 0.1) is 16.7 Å². The van der Waals surface area contributed by atoms with Crippen molar-refractivity contribution in [1.29, 1.82) is 5.26 Å². The van der Waals surface area contributed by atoms with Crippen LogP contribution in [0.4, 0.5) is 11.8 Å². The van der Waals surface area contributed by atoms with Crippen molar-refractivity contribution in [2.75, 3.05) is 41.8 Å². The van der Waals surface area contributed by atoms with Crippen LogP contribution < -0.4 is 15.6 Å². The number of hydrogen-bond donors (Lipinski definition) is 1. The fourth-order valence-corrected chi connectivity index (χ4v) is 5.78. The molecule has 2 aliphatic heterocycles. The lowest BCUT2D eigenvalue weighted by Gasteiger charge is -2.27. The maximum Gasteiger partial charge on any atom is 0.236 e. The van der Waals surface area contributed by atoms with Crippen LogP contribution >= 0.6 is 0 Å². The zero-order valence-corrected chi connectivity index (χ0v) is 21.1. The van der Waals surface area contributed by atoms with Crippen LogP contribution in [0.2, 0.25) is 0 Å². The van der Waals surface area contributed by atoms with Gasteiger partial charge in [0.1, 0.15) is 23.7 Å². The minimum atomic E-state index is 0.0465. The first kappa shape index (κ1) is 23.0. The SMILES string of the molecule is N#Cc1ncnc(N2CC[C@]3(CCN(n4c(-c5cccnc5N)nc5ccc(-c6ccccc6)nc54)C3)C2)n1. The van der Waals surface area contributed by atoms with Crippen molar-refractivity contribution in [3.8, 4) is 28.7 Å². The molecule has 4 aromatic heterocycles. The first-order valence-electron chi connectivity index (χ1n) is 12.9. The number of fused-ring (bicyclic) bond motifs is 1. The second kappa shape index (κ2) is 9.02. The molecule has 11 nitrogen and oxygen atoms in total. The van der Waals surface area contributed by atoms with Crippen molar-refractivity contribution in [1.82, 2.24) is 34.6 Å². The third kappa shape index (κ3) is 3.97. The lowest BCUT2D eigenvalue weighted by atomic mass is 9.86. The van der Waals surface area contributed by atoms with Crippen LogP contribution in [0.1, 0.15) is 18.7 Å². The van der Waals surface area contributed by atoms with Crippen LogP contribution in [0.3, 0.4) is 0 Å². The van der Waals surface area contributed by atoms with Crippen LogP contribution in [-0.2, 0) is 0 Å². The number of nitriles is 1. The average Bonchev–Trinajstić information content (AvgIpc) is 3.70. The van der Waals surface area contributed by atoms with Gasteiger partial charge in [0.05, 0.1) is 11.3 Å². The molecule has 0 aliphatic carbocycles. The number of imidazole rings is 1. The molecular formula is C28H25N11. The van der Waals surface area contributed by atoms with Crippen molar-refractivity contribution in [2.24, 2.45) is 5.41 Å². The van der Waals surface area contributed by atoms with Gasteiger partial charge in [0.2, 0.25) is 11.8 Å². The van der Waals surface area contributed by atoms with E-state index in [0.717, 1.165) is 72.8 Å². The molecule has 5 aromatic rings. The summed E-state index contributed by atoms with van der Waals surface area (Å²) in [6.07, 6.45) is 5.09. The molecule has 2 aliphatic rings. The quantitative estimate of drug-likeness (QED) is 0.380. The van der Waals surface area contributed by atoms with E-state index in [1.165, 1.54) is 6.33 Å². The minimum absolute atomic E-state index is 0.0465. The average molecular weight is 516 g/mol. The van der Waals surface area contributed by atoms with Gasteiger partial charge in [-0.25, -0.2) is 29.6 Å². The molecule has 0 radical (unpaired) electrons. The summed E-state index contributed by atoms with van der Waals surface area (Å²) in [5, 5.41) is 11.5. The Morgan fingerprint density at radius 2 is 1.74 bits per heavy atom. The third-order valence-electron chi connectivity index (χ3n) is 7.71. The van der Waals surface area contributed by atoms with Gasteiger partial charge >= 0.3 is 0 Å². The monoisotopic (exact) mass is 515 g/mol. The van der Waals surface area contributed by atoms with E-state index in [-0.39, 0.29) is 11.2 Å². The highest BCUT2D eigenvalue weighted by atomic mass is 15.6. The summed E-state index contributed by atoms with van der Waals surface area (Å²) < 4.78 is 2.13. The second-order valence-corrected chi connectivity index (χ2v) is 10.1. The predicted octanol–water partition coefficient (Wildman–Crippen LogP) is 3.04. The Hall–Kier alpha value is -5.11. The van der Waals surface area contributed by atoms with Crippen molar-refractivity contribution >= 4 is 22.9 Å². The molecule has 1 aromatic carbocycles. The van der Waals surface area contributed by atoms with Gasteiger partial charge in [-0.15, -0.1) is 0 Å². The number of hydrogen-bond acceptors (Lipinski definition) is 10. The predicted molar refractivity (Wildman–Crippen MR) is 147 cm³/mol. The topological polar surface area (TPSA) is 139 Å². The van der Waals surface area contributed by atoms with Crippen LogP contribution in [0.5, 0.6) is 0 Å². The highest BCUT2D eigenvalue weighted by Crippen LogP contribution is 2.41. The van der Waals surface area contributed by atoms with E-state index >= 15 is 0 Å². The number of aromatic nitrogens is 7. The van der Waals surface area contributed by atoms with Gasteiger partial charge in [-0.3, -0.25) is 0 Å². The first-order valence-corrected chi connectivity index (χ1v) is 12.9. The molecule has 11 heteroatoms. The number of pyridine rings is 2. The van der Waals surface area contributed by atoms with Crippen molar-refractivity contribution in [3.63, 3.8) is 0 Å². The number of nitrogens with two attached hydrogens (primary N) is 1. The molecule has 0 bridgehead atoms. The summed E-state index contributed by atoms with van der Waals surface area (Å²) in [4.78, 5) is 29.1. The molecule has 1 atom stereocenters. The number of benzene rings is 1. The van der Waals surface area contributed by atoms with Gasteiger partial charge in [0.15, 0.2) is 11.5 Å². The van der Waals surface area contributed by atoms with Gasteiger partial charge in [-0.2, -0.15) is 10.2 Å². The zero-order chi connectivity index (χ0) is 26.4. The molecule has 0 amide bonds. The lowest BCUT2D eigenvalue weighted by Crippen LogP contribution is -2.37. The molecule has 2 saturated heterocycles. The Kier molecular flexibility index (Phi) is 5.33. The summed E-state index contributed by atoms with van der Waals surface area (Å²) in [7, 11) is 0. The zero-order valence-electron chi connectivity index (χ0n) is 21.1. The van der Waals surface area contributed by atoms with Crippen molar-refractivity contribution < 1.29 is 0 Å². The maximum atomic E-state index is 9.21. The van der Waals surface area contributed by atoms with Gasteiger partial charge in [-0.05, 0) is 37.1 Å². The maximum absolute atomic E-state index is 9.21. The Labute approximate surface area is 224 Å². The smallest absolute Gasteiger partial charge is 0.236 e. The van der Waals surface area contributed by atoms with E-state index in [4.69, 9.17) is 15.7 Å². The molecule has 192 valence electrons. The first-order chi connectivity index (χ1) is 19.1. The van der Waals surface area contributed by atoms with Crippen LogP contribution in [0.25, 0.3) is 33.8 Å². The summed E-state index contributed by atoms with van der Waals surface area (Å²) in [6, 6.07) is 20.0. The highest BCUT2D eigenvalue weighted by molar-refractivity contribution is 5.82. The fraction of sp³-hybridized carbons (Fsp3) is 0.250. The van der Waals surface area contributed by atoms with E-state index in [1.54, 1.807) is 6.20 Å². The Balaban J connectivity index is 1.28. The molecule has 2 N–H and O–H groups in total. The molecular weight excluding hydrogens is 490 g/mol. The normalized spacial score (nSPS) is 18.7. The summed E-state index contributed by atoms with van der Waals surface area (Å²) in [5.74, 6) is 1.86. The van der Waals surface area contributed by atoms with Gasteiger partial charge < -0.3 is 15.6 Å². The molecule has 6 heterocycles. The summed E-state index contributed by atoms with van der Waals surface area (Å²) in [5.41, 5.74) is 10.7. The standard InChI is InChI=1S/C28H25N11/c29-15-23-32-18-33-27(36-23)37-13-10-28(16-37)11-14-38(17-28)39-25(20-7-4-12-31-24(20)30)35-22-9-8-21(34-26(22)39)19-5-2-1-3-6-19/h1-9,12,18H,10-11,13-14,16-17H2,(H2,30,31)/t28-/m0/s1. The van der Waals surface area contributed by atoms with E-state index < -0.39 is 0 Å². The molecule has 0 saturated carbocycles. The van der Waals surface area contributed by atoms with Crippen molar-refractivity contribution in [2.45, 2.75) is 12.8 Å². The van der Waals surface area contributed by atoms with Crippen LogP contribution in [0.15, 0.2) is 67.1 Å². The minimum Gasteiger partial charge on any atom is -0.383 e. The number of nitrogen functional groups attached to an aromatic ring is 1. The number of rotatable bonds is 4. The highest BCUT2D eigenvalue weighted by Gasteiger charge is 2.45. The summed E-state index contributed by atoms with van der Waals surface area (Å²) >= 11 is 0. The summed E-state index contributed by atoms with van der Waals surface area (Å²) in [6.45, 7) is 3.28. The lowest BCUT2D eigenvalue weighted by molar-refractivity contribution is 0.368. The van der Waals surface area contributed by atoms with E-state index in [1.807, 2.05) is 48.5 Å². The van der Waals surface area contributed by atoms with Gasteiger partial charge in [-0.1, -0.05) is 30.3 Å². The number of anilines is 2. The Morgan fingerprint density at radius 1 is 0.872 bits per heavy atom. The van der Waals surface area contributed by atoms with Gasteiger partial charge in [0.25, 0.3) is 0 Å². The second-order valence-electron chi connectivity index (χ2n) is 10.1. The Morgan fingerprint density at radius 3 is 2.59 bits per heavy atom. The van der Waals surface area contributed by atoms with E-state index in [9.17, 15) is 5.26 Å². The molecule has 7 rings (SSSR count). The molecule has 39 heavy (non-hydrogen) atoms.